The molecule has 3 N–H and O–H groups in total. The van der Waals surface area contributed by atoms with Crippen molar-refractivity contribution in [2.75, 3.05) is 5.32 Å². The Hall–Kier alpha value is -4.58. The molecule has 0 saturated heterocycles. The van der Waals surface area contributed by atoms with Crippen LogP contribution in [0, 0.1) is 6.92 Å². The minimum Gasteiger partial charge on any atom is -0.361 e. The number of hydrogen-bond acceptors (Lipinski definition) is 3. The van der Waals surface area contributed by atoms with Gasteiger partial charge >= 0.3 is 0 Å². The molecule has 0 aliphatic rings. The van der Waals surface area contributed by atoms with Crippen molar-refractivity contribution in [3.05, 3.63) is 119 Å². The summed E-state index contributed by atoms with van der Waals surface area (Å²) >= 11 is 0. The van der Waals surface area contributed by atoms with Crippen molar-refractivity contribution in [3.63, 3.8) is 0 Å². The van der Waals surface area contributed by atoms with E-state index in [4.69, 9.17) is 4.52 Å². The van der Waals surface area contributed by atoms with Gasteiger partial charge in [0.2, 0.25) is 5.76 Å². The Bertz CT molecular complexity index is 1580. The summed E-state index contributed by atoms with van der Waals surface area (Å²) in [4.78, 5) is 19.7. The van der Waals surface area contributed by atoms with Gasteiger partial charge in [0.05, 0.1) is 5.69 Å². The van der Waals surface area contributed by atoms with Crippen LogP contribution in [0.5, 0.6) is 0 Å². The number of carbonyl (C=O) groups is 1. The maximum absolute atomic E-state index is 12.8. The van der Waals surface area contributed by atoms with E-state index in [-0.39, 0.29) is 17.6 Å². The second-order valence-corrected chi connectivity index (χ2v) is 8.78. The van der Waals surface area contributed by atoms with Crippen LogP contribution in [0.25, 0.3) is 21.8 Å². The molecular formula is C29H24N4O2. The van der Waals surface area contributed by atoms with Gasteiger partial charge in [-0.1, -0.05) is 59.8 Å². The highest BCUT2D eigenvalue weighted by atomic mass is 16.5. The molecule has 3 aromatic carbocycles. The molecule has 0 atom stereocenters. The standard InChI is InChI=1S/C29H24N4O2/c1-18-14-28(35-33-18)29(34)32-25-11-5-2-8-19(25)15-22(23-16-30-26-12-6-3-9-20(23)26)24-17-31-27-13-7-4-10-21(24)27/h2-14,16-17,22,30-31H,15H2,1H3,(H,32,34). The lowest BCUT2D eigenvalue weighted by atomic mass is 9.85. The Morgan fingerprint density at radius 3 is 2.11 bits per heavy atom. The van der Waals surface area contributed by atoms with Gasteiger partial charge in [-0.15, -0.1) is 0 Å². The van der Waals surface area contributed by atoms with E-state index in [1.165, 1.54) is 21.9 Å². The number of fused-ring (bicyclic) bond motifs is 2. The predicted octanol–water partition coefficient (Wildman–Crippen LogP) is 6.57. The lowest BCUT2D eigenvalue weighted by Gasteiger charge is -2.19. The maximum atomic E-state index is 12.8. The van der Waals surface area contributed by atoms with Crippen molar-refractivity contribution in [1.82, 2.24) is 15.1 Å². The molecule has 0 radical (unpaired) electrons. The lowest BCUT2D eigenvalue weighted by molar-refractivity contribution is 0.0987. The zero-order valence-electron chi connectivity index (χ0n) is 19.2. The third-order valence-electron chi connectivity index (χ3n) is 6.53. The Balaban J connectivity index is 1.43. The summed E-state index contributed by atoms with van der Waals surface area (Å²) in [7, 11) is 0. The Morgan fingerprint density at radius 2 is 1.49 bits per heavy atom. The molecule has 1 amide bonds. The zero-order chi connectivity index (χ0) is 23.8. The van der Waals surface area contributed by atoms with Gasteiger partial charge in [-0.05, 0) is 48.2 Å². The monoisotopic (exact) mass is 460 g/mol. The van der Waals surface area contributed by atoms with Crippen molar-refractivity contribution in [1.29, 1.82) is 0 Å². The quantitative estimate of drug-likeness (QED) is 0.263. The van der Waals surface area contributed by atoms with E-state index in [2.05, 4.69) is 75.3 Å². The first-order chi connectivity index (χ1) is 17.2. The van der Waals surface area contributed by atoms with Crippen LogP contribution in [-0.2, 0) is 6.42 Å². The molecule has 0 bridgehead atoms. The molecule has 6 aromatic rings. The van der Waals surface area contributed by atoms with Crippen LogP contribution < -0.4 is 5.32 Å². The highest BCUT2D eigenvalue weighted by molar-refractivity contribution is 6.02. The van der Waals surface area contributed by atoms with Gasteiger partial charge in [0.15, 0.2) is 0 Å². The minimum absolute atomic E-state index is 0.0628. The summed E-state index contributed by atoms with van der Waals surface area (Å²) in [5.41, 5.74) is 7.12. The van der Waals surface area contributed by atoms with Crippen LogP contribution in [0.3, 0.4) is 0 Å². The van der Waals surface area contributed by atoms with Crippen molar-refractivity contribution in [2.24, 2.45) is 0 Å². The number of carbonyl (C=O) groups excluding carboxylic acids is 1. The van der Waals surface area contributed by atoms with E-state index >= 15 is 0 Å². The molecule has 35 heavy (non-hydrogen) atoms. The lowest BCUT2D eigenvalue weighted by Crippen LogP contribution is -2.14. The number of anilines is 1. The van der Waals surface area contributed by atoms with Crippen LogP contribution >= 0.6 is 0 Å². The molecule has 6 nitrogen and oxygen atoms in total. The normalized spacial score (nSPS) is 11.5. The smallest absolute Gasteiger partial charge is 0.294 e. The maximum Gasteiger partial charge on any atom is 0.294 e. The molecule has 0 spiro atoms. The Kier molecular flexibility index (Phi) is 5.19. The molecule has 3 heterocycles. The number of rotatable bonds is 6. The highest BCUT2D eigenvalue weighted by Gasteiger charge is 2.23. The molecule has 0 aliphatic carbocycles. The van der Waals surface area contributed by atoms with Crippen LogP contribution in [0.4, 0.5) is 5.69 Å². The van der Waals surface area contributed by atoms with E-state index in [1.54, 1.807) is 13.0 Å². The molecule has 0 unspecified atom stereocenters. The van der Waals surface area contributed by atoms with Crippen LogP contribution in [-0.4, -0.2) is 21.0 Å². The predicted molar refractivity (Wildman–Crippen MR) is 138 cm³/mol. The van der Waals surface area contributed by atoms with E-state index in [0.717, 1.165) is 22.3 Å². The number of aromatic amines is 2. The fraction of sp³-hybridized carbons (Fsp3) is 0.103. The van der Waals surface area contributed by atoms with E-state index in [9.17, 15) is 4.79 Å². The van der Waals surface area contributed by atoms with Crippen molar-refractivity contribution in [3.8, 4) is 0 Å². The number of H-pyrrole nitrogens is 2. The SMILES string of the molecule is Cc1cc(C(=O)Nc2ccccc2CC(c2c[nH]c3ccccc23)c2c[nH]c3ccccc23)on1. The third-order valence-corrected chi connectivity index (χ3v) is 6.53. The van der Waals surface area contributed by atoms with Crippen molar-refractivity contribution >= 4 is 33.4 Å². The second-order valence-electron chi connectivity index (χ2n) is 8.78. The summed E-state index contributed by atoms with van der Waals surface area (Å²) in [6.45, 7) is 1.79. The largest absolute Gasteiger partial charge is 0.361 e. The molecule has 0 aliphatic heterocycles. The summed E-state index contributed by atoms with van der Waals surface area (Å²) < 4.78 is 5.16. The average Bonchev–Trinajstić information content (AvgIpc) is 3.62. The summed E-state index contributed by atoms with van der Waals surface area (Å²) in [5, 5.41) is 9.25. The van der Waals surface area contributed by atoms with Gasteiger partial charge in [-0.3, -0.25) is 4.79 Å². The topological polar surface area (TPSA) is 86.7 Å². The fourth-order valence-corrected chi connectivity index (χ4v) is 4.85. The summed E-state index contributed by atoms with van der Waals surface area (Å²) in [6, 6.07) is 26.3. The van der Waals surface area contributed by atoms with Gasteiger partial charge in [-0.25, -0.2) is 0 Å². The molecular weight excluding hydrogens is 436 g/mol. The van der Waals surface area contributed by atoms with E-state index in [0.29, 0.717) is 12.1 Å². The molecule has 6 rings (SSSR count). The van der Waals surface area contributed by atoms with Gasteiger partial charge in [0, 0.05) is 51.9 Å². The molecule has 0 saturated carbocycles. The van der Waals surface area contributed by atoms with Gasteiger partial charge in [0.1, 0.15) is 0 Å². The number of aryl methyl sites for hydroxylation is 1. The third kappa shape index (κ3) is 3.89. The summed E-state index contributed by atoms with van der Waals surface area (Å²) in [6.07, 6.45) is 4.92. The van der Waals surface area contributed by atoms with Crippen molar-refractivity contribution < 1.29 is 9.32 Å². The first-order valence-electron chi connectivity index (χ1n) is 11.6. The first-order valence-corrected chi connectivity index (χ1v) is 11.6. The Labute approximate surface area is 202 Å². The number of amides is 1. The zero-order valence-corrected chi connectivity index (χ0v) is 19.2. The van der Waals surface area contributed by atoms with Crippen LogP contribution in [0.2, 0.25) is 0 Å². The molecule has 0 fully saturated rings. The number of hydrogen-bond donors (Lipinski definition) is 3. The van der Waals surface area contributed by atoms with Gasteiger partial charge < -0.3 is 19.8 Å². The summed E-state index contributed by atoms with van der Waals surface area (Å²) in [5.74, 6) is -0.0521. The number of aromatic nitrogens is 3. The Morgan fingerprint density at radius 1 is 0.886 bits per heavy atom. The van der Waals surface area contributed by atoms with Gasteiger partial charge in [-0.2, -0.15) is 0 Å². The number of nitrogens with one attached hydrogen (secondary N) is 3. The first kappa shape index (κ1) is 21.0. The molecule has 6 heteroatoms. The van der Waals surface area contributed by atoms with Gasteiger partial charge in [0.25, 0.3) is 5.91 Å². The number of nitrogens with zero attached hydrogens (tertiary/aromatic N) is 1. The number of para-hydroxylation sites is 3. The van der Waals surface area contributed by atoms with Crippen LogP contribution in [0.15, 0.2) is 95.8 Å². The van der Waals surface area contributed by atoms with Crippen LogP contribution in [0.1, 0.15) is 38.9 Å². The second kappa shape index (κ2) is 8.65. The van der Waals surface area contributed by atoms with Crippen molar-refractivity contribution in [2.45, 2.75) is 19.3 Å². The fourth-order valence-electron chi connectivity index (χ4n) is 4.85. The molecule has 3 aromatic heterocycles. The molecule has 172 valence electrons. The van der Waals surface area contributed by atoms with E-state index < -0.39 is 0 Å². The van der Waals surface area contributed by atoms with E-state index in [1.807, 2.05) is 30.3 Å². The minimum atomic E-state index is -0.311. The average molecular weight is 461 g/mol. The highest BCUT2D eigenvalue weighted by Crippen LogP contribution is 2.38. The number of benzene rings is 3.